The standard InChI is InChI=1S/C50H54N6O3SSi.C26H20N4OS.C24H36N2O3Si/c1-32(2)61(33(3)4,34(5)6)26-20-35-27-40(47(51-29-35)55-30-50(31-55)21-24-59-25-22-50)48(57)52-38-17-15-36(16-18-38)49(58)56-23-19-37-28-44(46-53-41-12-8-9-13-42(41)54-46)60-45(37)39-11-7-10-14-43(39)56;27-18-11-9-16(10-12-18)26(31)30-14-13-17-15-23(25-28-20-6-2-3-7-21(20)29-25)32-24(17)19-5-1-4-8-22(19)30;1-17(2)30(18(3)4,19(5)6)12-7-20-13-21(23(27)28)22(25-14-20)26-15-24(16-26)8-10-29-11-9-24/h7-18,27-29,32-34H,19,21-25,30-31H2,1-6H3,(H,52,57)(H,53,54);1-12,15H,13-14,27H2,(H,28,29);13-14,17-19H,8-11,15-16H2,1-6H3,(H,27,28). The number of thiophene rings is 2. The number of ether oxygens (including phenoxy) is 2. The molecule has 2 spiro atoms. The highest BCUT2D eigenvalue weighted by molar-refractivity contribution is 7.19. The summed E-state index contributed by atoms with van der Waals surface area (Å²) in [6.07, 6.45) is 9.22. The van der Waals surface area contributed by atoms with Crippen LogP contribution in [-0.4, -0.2) is 141 Å². The number of nitrogens with two attached hydrogens (primary N) is 1. The summed E-state index contributed by atoms with van der Waals surface area (Å²) >= 11 is 3.43. The number of fused-ring (bicyclic) bond motifs is 8. The molecular weight excluding hydrogens is 1600 g/mol. The van der Waals surface area contributed by atoms with Crippen molar-refractivity contribution in [1.29, 1.82) is 0 Å². The zero-order chi connectivity index (χ0) is 86.2. The molecule has 6 N–H and O–H groups in total. The Morgan fingerprint density at radius 2 is 0.878 bits per heavy atom. The maximum absolute atomic E-state index is 14.3. The summed E-state index contributed by atoms with van der Waals surface area (Å²) in [6, 6.07) is 54.9. The van der Waals surface area contributed by atoms with E-state index in [9.17, 15) is 24.3 Å². The first-order valence-electron chi connectivity index (χ1n) is 43.4. The van der Waals surface area contributed by atoms with Gasteiger partial charge in [0.15, 0.2) is 0 Å². The van der Waals surface area contributed by atoms with E-state index in [4.69, 9.17) is 30.2 Å². The predicted molar refractivity (Wildman–Crippen MR) is 506 cm³/mol. The zero-order valence-electron chi connectivity index (χ0n) is 72.5. The number of aromatic carboxylic acids is 1. The van der Waals surface area contributed by atoms with Gasteiger partial charge in [0.1, 0.15) is 45.0 Å². The zero-order valence-corrected chi connectivity index (χ0v) is 76.1. The first-order valence-corrected chi connectivity index (χ1v) is 49.5. The molecule has 19 nitrogen and oxygen atoms in total. The van der Waals surface area contributed by atoms with Crippen LogP contribution in [0.3, 0.4) is 0 Å². The smallest absolute Gasteiger partial charge is 0.339 e. The van der Waals surface area contributed by atoms with E-state index in [0.29, 0.717) is 98.0 Å². The van der Waals surface area contributed by atoms with Crippen molar-refractivity contribution in [3.63, 3.8) is 0 Å². The molecule has 0 radical (unpaired) electrons. The molecule has 0 bridgehead atoms. The molecule has 4 saturated heterocycles. The van der Waals surface area contributed by atoms with Gasteiger partial charge in [0.25, 0.3) is 17.7 Å². The molecule has 6 aliphatic rings. The van der Waals surface area contributed by atoms with Gasteiger partial charge >= 0.3 is 5.97 Å². The third-order valence-corrected chi connectivity index (χ3v) is 41.6. The second-order valence-electron chi connectivity index (χ2n) is 36.0. The summed E-state index contributed by atoms with van der Waals surface area (Å²) in [4.78, 5) is 92.6. The lowest BCUT2D eigenvalue weighted by atomic mass is 9.73. The van der Waals surface area contributed by atoms with Crippen molar-refractivity contribution < 1.29 is 33.8 Å². The number of rotatable bonds is 15. The Morgan fingerprint density at radius 1 is 0.496 bits per heavy atom. The van der Waals surface area contributed by atoms with Crippen LogP contribution < -0.4 is 30.7 Å². The van der Waals surface area contributed by atoms with Crippen molar-refractivity contribution in [2.75, 3.05) is 96.3 Å². The normalized spacial score (nSPS) is 15.8. The Morgan fingerprint density at radius 3 is 1.28 bits per heavy atom. The second kappa shape index (κ2) is 35.5. The molecule has 18 rings (SSSR count). The maximum atomic E-state index is 14.3. The Hall–Kier alpha value is -11.3. The van der Waals surface area contributed by atoms with Crippen LogP contribution in [0.2, 0.25) is 33.2 Å². The molecule has 12 aromatic rings. The van der Waals surface area contributed by atoms with Crippen molar-refractivity contribution in [1.82, 2.24) is 29.9 Å². The number of amides is 3. The Bertz CT molecular complexity index is 5960. The Labute approximate surface area is 731 Å². The van der Waals surface area contributed by atoms with Crippen LogP contribution in [0.25, 0.3) is 64.4 Å². The molecule has 632 valence electrons. The number of aromatic nitrogens is 6. The van der Waals surface area contributed by atoms with Crippen LogP contribution >= 0.6 is 22.7 Å². The quantitative estimate of drug-likeness (QED) is 0.0364. The van der Waals surface area contributed by atoms with Crippen LogP contribution in [0.4, 0.5) is 34.4 Å². The van der Waals surface area contributed by atoms with E-state index in [0.717, 1.165) is 161 Å². The highest BCUT2D eigenvalue weighted by Crippen LogP contribution is 2.50. The molecule has 12 heterocycles. The topological polar surface area (TPSA) is 241 Å². The van der Waals surface area contributed by atoms with E-state index in [1.807, 2.05) is 119 Å². The number of para-hydroxylation sites is 6. The molecule has 0 aliphatic carbocycles. The van der Waals surface area contributed by atoms with Gasteiger partial charge in [0, 0.05) is 143 Å². The molecule has 123 heavy (non-hydrogen) atoms. The average molecular weight is 1710 g/mol. The van der Waals surface area contributed by atoms with Gasteiger partial charge in [-0.05, 0) is 192 Å². The van der Waals surface area contributed by atoms with Crippen LogP contribution in [-0.2, 0) is 22.3 Å². The Kier molecular flexibility index (Phi) is 24.6. The summed E-state index contributed by atoms with van der Waals surface area (Å²) in [5.41, 5.74) is 31.9. The number of imidazole rings is 2. The summed E-state index contributed by atoms with van der Waals surface area (Å²) in [7, 11) is -3.87. The number of aromatic amines is 2. The number of hydrogen-bond acceptors (Lipinski definition) is 15. The highest BCUT2D eigenvalue weighted by atomic mass is 32.1. The summed E-state index contributed by atoms with van der Waals surface area (Å²) in [6.45, 7) is 35.2. The number of carbonyl (C=O) groups excluding carboxylic acids is 3. The lowest BCUT2D eigenvalue weighted by molar-refractivity contribution is -0.000676. The fraction of sp³-hybridized carbons (Fsp3) is 0.360. The largest absolute Gasteiger partial charge is 0.478 e. The first-order chi connectivity index (χ1) is 59.2. The molecule has 0 atom stereocenters. The van der Waals surface area contributed by atoms with Gasteiger partial charge in [-0.2, -0.15) is 0 Å². The predicted octanol–water partition coefficient (Wildman–Crippen LogP) is 21.7. The van der Waals surface area contributed by atoms with Crippen molar-refractivity contribution in [2.45, 2.75) is 155 Å². The number of H-pyrrole nitrogens is 2. The number of nitrogens with zero attached hydrogens (tertiary/aromatic N) is 8. The minimum Gasteiger partial charge on any atom is -0.478 e. The van der Waals surface area contributed by atoms with E-state index in [1.54, 1.807) is 71.3 Å². The van der Waals surface area contributed by atoms with Gasteiger partial charge in [-0.1, -0.05) is 156 Å². The summed E-state index contributed by atoms with van der Waals surface area (Å²) in [5.74, 6) is 8.58. The van der Waals surface area contributed by atoms with Gasteiger partial charge in [-0.25, -0.2) is 24.7 Å². The average Bonchev–Trinajstić information content (AvgIpc) is 1.74. The molecule has 6 aromatic carbocycles. The van der Waals surface area contributed by atoms with Crippen molar-refractivity contribution in [3.05, 3.63) is 227 Å². The number of carboxylic acid groups (broad SMARTS) is 1. The van der Waals surface area contributed by atoms with E-state index in [2.05, 4.69) is 160 Å². The monoisotopic (exact) mass is 1710 g/mol. The van der Waals surface area contributed by atoms with Crippen LogP contribution in [0, 0.1) is 33.8 Å². The third-order valence-electron chi connectivity index (χ3n) is 26.6. The molecule has 0 unspecified atom stereocenters. The molecular formula is C100H110N12O7S2Si2. The molecule has 4 fully saturated rings. The van der Waals surface area contributed by atoms with E-state index in [-0.39, 0.29) is 34.1 Å². The van der Waals surface area contributed by atoms with Crippen LogP contribution in [0.15, 0.2) is 182 Å². The number of hydrogen-bond donors (Lipinski definition) is 5. The molecule has 3 amide bonds. The highest BCUT2D eigenvalue weighted by Gasteiger charge is 2.48. The van der Waals surface area contributed by atoms with Crippen molar-refractivity contribution >= 4 is 119 Å². The van der Waals surface area contributed by atoms with Gasteiger partial charge in [-0.3, -0.25) is 14.4 Å². The minimum absolute atomic E-state index is 0.00916. The lowest BCUT2D eigenvalue weighted by Crippen LogP contribution is -2.59. The molecule has 6 aliphatic heterocycles. The number of nitrogens with one attached hydrogen (secondary N) is 3. The number of carbonyl (C=O) groups is 4. The molecule has 23 heteroatoms. The molecule has 0 saturated carbocycles. The number of pyridine rings is 2. The Balaban J connectivity index is 0.000000151. The van der Waals surface area contributed by atoms with Crippen molar-refractivity contribution in [3.8, 4) is 65.2 Å². The number of carboxylic acids is 1. The van der Waals surface area contributed by atoms with E-state index in [1.165, 1.54) is 16.0 Å². The van der Waals surface area contributed by atoms with Crippen LogP contribution in [0.1, 0.15) is 172 Å². The maximum Gasteiger partial charge on any atom is 0.339 e. The third kappa shape index (κ3) is 17.1. The van der Waals surface area contributed by atoms with Crippen LogP contribution in [0.5, 0.6) is 0 Å². The van der Waals surface area contributed by atoms with Gasteiger partial charge in [0.05, 0.1) is 48.8 Å². The van der Waals surface area contributed by atoms with Gasteiger partial charge in [0.2, 0.25) is 0 Å². The fourth-order valence-electron chi connectivity index (χ4n) is 20.0. The van der Waals surface area contributed by atoms with E-state index >= 15 is 0 Å². The van der Waals surface area contributed by atoms with Gasteiger partial charge in [-0.15, -0.1) is 33.8 Å². The number of benzene rings is 6. The fourth-order valence-corrected chi connectivity index (χ4v) is 32.8. The lowest BCUT2D eigenvalue weighted by Gasteiger charge is -2.53. The SMILES string of the molecule is CC(C)[Si](C#Cc1cnc(N2CC3(CCOCC3)C2)c(C(=O)Nc2ccc(C(=O)N3CCc4cc(-c5nc6ccccc6[nH]5)sc4-c4ccccc43)cc2)c1)(C(C)C)C(C)C.CC(C)[Si](C#Cc1cnc(N2CC3(CCOCC3)C2)c(C(=O)O)c1)(C(C)C)C(C)C.Nc1ccc(C(=O)N2CCc3cc(-c4nc5ccccc5[nH]4)sc3-c3ccccc32)cc1. The second-order valence-corrected chi connectivity index (χ2v) is 49.2. The minimum atomic E-state index is -2.00. The summed E-state index contributed by atoms with van der Waals surface area (Å²) < 4.78 is 11.2. The number of nitrogen functional groups attached to an aromatic ring is 1. The van der Waals surface area contributed by atoms with E-state index < -0.39 is 22.1 Å². The number of anilines is 6. The summed E-state index contributed by atoms with van der Waals surface area (Å²) in [5, 5.41) is 13.0. The molecule has 6 aromatic heterocycles. The first kappa shape index (κ1) is 85.3. The van der Waals surface area contributed by atoms with Crippen molar-refractivity contribution in [2.24, 2.45) is 10.8 Å². The van der Waals surface area contributed by atoms with Gasteiger partial charge < -0.3 is 55.2 Å².